The van der Waals surface area contributed by atoms with Crippen LogP contribution in [0.1, 0.15) is 25.7 Å². The Bertz CT molecular complexity index is 191. The molecule has 2 unspecified atom stereocenters. The molecule has 0 aromatic carbocycles. The van der Waals surface area contributed by atoms with Crippen molar-refractivity contribution < 1.29 is 40.9 Å². The van der Waals surface area contributed by atoms with Crippen LogP contribution in [0.15, 0.2) is 0 Å². The summed E-state index contributed by atoms with van der Waals surface area (Å²) in [6.45, 7) is 0. The van der Waals surface area contributed by atoms with Crippen LogP contribution in [0.5, 0.6) is 0 Å². The van der Waals surface area contributed by atoms with Gasteiger partial charge in [0.15, 0.2) is 0 Å². The Morgan fingerprint density at radius 2 is 1.20 bits per heavy atom. The Kier molecular flexibility index (Phi) is 9.98. The van der Waals surface area contributed by atoms with Crippen molar-refractivity contribution in [3.8, 4) is 0 Å². The van der Waals surface area contributed by atoms with E-state index < -0.39 is 11.9 Å². The van der Waals surface area contributed by atoms with Gasteiger partial charge in [-0.05, 0) is 12.8 Å². The van der Waals surface area contributed by atoms with Crippen molar-refractivity contribution >= 4 is 11.9 Å². The summed E-state index contributed by atoms with van der Waals surface area (Å²) < 4.78 is 0. The fraction of sp³-hybridized carbons (Fsp3) is 0.750. The zero-order chi connectivity index (χ0) is 11.1. The van der Waals surface area contributed by atoms with E-state index in [2.05, 4.69) is 0 Å². The molecule has 1 fully saturated rings. The van der Waals surface area contributed by atoms with Crippen LogP contribution in [-0.4, -0.2) is 24.0 Å². The van der Waals surface area contributed by atoms with Gasteiger partial charge >= 0.3 is 21.1 Å². The Labute approximate surface area is 102 Å². The Balaban J connectivity index is 0. The summed E-state index contributed by atoms with van der Waals surface area (Å²) in [4.78, 5) is 17.9. The first-order valence-electron chi connectivity index (χ1n) is 4.38. The van der Waals surface area contributed by atoms with E-state index in [0.717, 1.165) is 12.8 Å². The van der Waals surface area contributed by atoms with Gasteiger partial charge in [-0.1, -0.05) is 12.8 Å². The minimum absolute atomic E-state index is 0. The molecule has 15 heavy (non-hydrogen) atoms. The van der Waals surface area contributed by atoms with E-state index in [9.17, 15) is 0 Å². The predicted octanol–water partition coefficient (Wildman–Crippen LogP) is -3.30. The third kappa shape index (κ3) is 8.54. The van der Waals surface area contributed by atoms with Gasteiger partial charge in [0.25, 0.3) is 0 Å². The van der Waals surface area contributed by atoms with Crippen LogP contribution in [0.2, 0.25) is 0 Å². The smallest absolute Gasteiger partial charge is 0.543 e. The van der Waals surface area contributed by atoms with Crippen molar-refractivity contribution in [2.75, 3.05) is 0 Å². The third-order valence-corrected chi connectivity index (χ3v) is 2.04. The topological polar surface area (TPSA) is 132 Å². The number of aliphatic carboxylic acids is 2. The maximum Gasteiger partial charge on any atom is 2.00 e. The molecule has 1 aliphatic carbocycles. The van der Waals surface area contributed by atoms with Crippen LogP contribution < -0.4 is 21.7 Å². The molecule has 0 radical (unpaired) electrons. The van der Waals surface area contributed by atoms with Crippen LogP contribution in [0.25, 0.3) is 0 Å². The van der Waals surface area contributed by atoms with Crippen molar-refractivity contribution in [1.29, 1.82) is 0 Å². The molecular formula is C8H14N2O4Pt. The van der Waals surface area contributed by atoms with Gasteiger partial charge in [-0.15, -0.1) is 0 Å². The molecule has 0 saturated heterocycles. The minimum atomic E-state index is -2.19. The van der Waals surface area contributed by atoms with Crippen LogP contribution in [0, 0.1) is 0 Å². The molecule has 90 valence electrons. The molecule has 1 rings (SSSR count). The molecule has 0 aromatic heterocycles. The zero-order valence-corrected chi connectivity index (χ0v) is 10.4. The van der Waals surface area contributed by atoms with Crippen LogP contribution in [-0.2, 0) is 30.7 Å². The molecule has 4 N–H and O–H groups in total. The monoisotopic (exact) mass is 397 g/mol. The first-order valence-corrected chi connectivity index (χ1v) is 4.38. The summed E-state index contributed by atoms with van der Waals surface area (Å²) in [7, 11) is 0. The van der Waals surface area contributed by atoms with Crippen molar-refractivity contribution in [3.63, 3.8) is 0 Å². The molecule has 0 bridgehead atoms. The molecule has 1 aliphatic rings. The molecule has 1 saturated carbocycles. The molecule has 0 amide bonds. The second-order valence-electron chi connectivity index (χ2n) is 3.19. The molecular weight excluding hydrogens is 383 g/mol. The standard InChI is InChI=1S/C6H14N2.C2H2O4.Pt/c7-5-3-1-2-4-6(5)8;3-1(4)2(5)6;/h5-6H,1-4,7-8H2;(H,3,4)(H,5,6);/q;;+2/p-2. The molecule has 0 aromatic rings. The number of hydrogen-bond acceptors (Lipinski definition) is 6. The Morgan fingerprint density at radius 1 is 0.933 bits per heavy atom. The van der Waals surface area contributed by atoms with Gasteiger partial charge in [-0.2, -0.15) is 0 Å². The van der Waals surface area contributed by atoms with Gasteiger partial charge < -0.3 is 31.3 Å². The fourth-order valence-corrected chi connectivity index (χ4v) is 1.19. The summed E-state index contributed by atoms with van der Waals surface area (Å²) >= 11 is 0. The summed E-state index contributed by atoms with van der Waals surface area (Å²) in [5.41, 5.74) is 11.3. The minimum Gasteiger partial charge on any atom is -0.543 e. The van der Waals surface area contributed by atoms with Crippen molar-refractivity contribution in [3.05, 3.63) is 0 Å². The van der Waals surface area contributed by atoms with E-state index in [1.165, 1.54) is 12.8 Å². The average Bonchev–Trinajstić information content (AvgIpc) is 2.11. The van der Waals surface area contributed by atoms with Gasteiger partial charge in [0.2, 0.25) is 0 Å². The molecule has 0 spiro atoms. The van der Waals surface area contributed by atoms with Gasteiger partial charge in [-0.3, -0.25) is 0 Å². The third-order valence-electron chi connectivity index (χ3n) is 2.04. The molecule has 0 aliphatic heterocycles. The van der Waals surface area contributed by atoms with Crippen molar-refractivity contribution in [1.82, 2.24) is 0 Å². The predicted molar refractivity (Wildman–Crippen MR) is 44.4 cm³/mol. The van der Waals surface area contributed by atoms with Crippen LogP contribution >= 0.6 is 0 Å². The normalized spacial score (nSPS) is 24.1. The first-order chi connectivity index (χ1) is 6.45. The maximum atomic E-state index is 8.93. The Morgan fingerprint density at radius 3 is 1.33 bits per heavy atom. The summed E-state index contributed by atoms with van der Waals surface area (Å²) in [6, 6.07) is 0.562. The second-order valence-corrected chi connectivity index (χ2v) is 3.19. The number of carboxylic acid groups (broad SMARTS) is 2. The number of carboxylic acids is 2. The quantitative estimate of drug-likeness (QED) is 0.412. The van der Waals surface area contributed by atoms with Gasteiger partial charge in [0.05, 0.1) is 11.9 Å². The summed E-state index contributed by atoms with van der Waals surface area (Å²) in [6.07, 6.45) is 4.80. The number of rotatable bonds is 0. The van der Waals surface area contributed by atoms with Crippen molar-refractivity contribution in [2.24, 2.45) is 11.5 Å². The summed E-state index contributed by atoms with van der Waals surface area (Å²) in [5, 5.41) is 17.9. The number of carbonyl (C=O) groups excluding carboxylic acids is 2. The van der Waals surface area contributed by atoms with Gasteiger partial charge in [0.1, 0.15) is 0 Å². The van der Waals surface area contributed by atoms with Crippen LogP contribution in [0.3, 0.4) is 0 Å². The fourth-order valence-electron chi connectivity index (χ4n) is 1.19. The largest absolute Gasteiger partial charge is 2.00 e. The molecule has 0 heterocycles. The number of hydrogen-bond donors (Lipinski definition) is 2. The van der Waals surface area contributed by atoms with Gasteiger partial charge in [-0.25, -0.2) is 0 Å². The first kappa shape index (κ1) is 17.0. The van der Waals surface area contributed by atoms with E-state index in [-0.39, 0.29) is 33.1 Å². The second kappa shape index (κ2) is 8.82. The van der Waals surface area contributed by atoms with Crippen molar-refractivity contribution in [2.45, 2.75) is 37.8 Å². The SMILES string of the molecule is NC1CCCCC1N.O=C([O-])C(=O)[O-].[Pt+2]. The van der Waals surface area contributed by atoms with Gasteiger partial charge in [0, 0.05) is 12.1 Å². The van der Waals surface area contributed by atoms with E-state index in [1.807, 2.05) is 0 Å². The van der Waals surface area contributed by atoms with E-state index in [4.69, 9.17) is 31.3 Å². The van der Waals surface area contributed by atoms with E-state index in [0.29, 0.717) is 0 Å². The average molecular weight is 397 g/mol. The summed E-state index contributed by atoms with van der Waals surface area (Å²) in [5.74, 6) is -4.37. The zero-order valence-electron chi connectivity index (χ0n) is 8.09. The molecule has 2 atom stereocenters. The van der Waals surface area contributed by atoms with E-state index in [1.54, 1.807) is 0 Å². The number of carbonyl (C=O) groups is 2. The Hall–Kier alpha value is -0.452. The molecule has 7 heteroatoms. The maximum absolute atomic E-state index is 8.93. The van der Waals surface area contributed by atoms with Crippen LogP contribution in [0.4, 0.5) is 0 Å². The molecule has 6 nitrogen and oxygen atoms in total. The van der Waals surface area contributed by atoms with E-state index >= 15 is 0 Å². The number of nitrogens with two attached hydrogens (primary N) is 2.